The first kappa shape index (κ1) is 10.0. The Morgan fingerprint density at radius 3 is 2.50 bits per heavy atom. The Morgan fingerprint density at radius 1 is 1.25 bits per heavy atom. The van der Waals surface area contributed by atoms with Gasteiger partial charge in [-0.3, -0.25) is 0 Å². The number of piperidine rings is 1. The SMILES string of the molecule is C[C@@H](CCCO)N1CCCCC1. The fourth-order valence-corrected chi connectivity index (χ4v) is 1.93. The van der Waals surface area contributed by atoms with E-state index >= 15 is 0 Å². The molecule has 2 nitrogen and oxygen atoms in total. The highest BCUT2D eigenvalue weighted by Gasteiger charge is 2.15. The standard InChI is InChI=1S/C10H21NO/c1-10(6-5-9-12)11-7-3-2-4-8-11/h10,12H,2-9H2,1H3/t10-/m0/s1. The summed E-state index contributed by atoms with van der Waals surface area (Å²) in [6.45, 7) is 5.17. The summed E-state index contributed by atoms with van der Waals surface area (Å²) in [4.78, 5) is 2.55. The number of aliphatic hydroxyl groups is 1. The third-order valence-electron chi connectivity index (χ3n) is 2.79. The molecule has 1 heterocycles. The van der Waals surface area contributed by atoms with Gasteiger partial charge >= 0.3 is 0 Å². The fourth-order valence-electron chi connectivity index (χ4n) is 1.93. The summed E-state index contributed by atoms with van der Waals surface area (Å²) in [5, 5.41) is 8.69. The van der Waals surface area contributed by atoms with E-state index in [9.17, 15) is 0 Å². The lowest BCUT2D eigenvalue weighted by Crippen LogP contribution is -2.37. The molecular formula is C10H21NO. The third-order valence-corrected chi connectivity index (χ3v) is 2.79. The Labute approximate surface area is 75.6 Å². The van der Waals surface area contributed by atoms with Crippen molar-refractivity contribution in [1.29, 1.82) is 0 Å². The van der Waals surface area contributed by atoms with Crippen molar-refractivity contribution in [3.8, 4) is 0 Å². The molecule has 1 aliphatic rings. The predicted octanol–water partition coefficient (Wildman–Crippen LogP) is 1.63. The van der Waals surface area contributed by atoms with Gasteiger partial charge in [-0.25, -0.2) is 0 Å². The molecule has 72 valence electrons. The second-order valence-electron chi connectivity index (χ2n) is 3.81. The van der Waals surface area contributed by atoms with Crippen molar-refractivity contribution in [2.24, 2.45) is 0 Å². The van der Waals surface area contributed by atoms with Crippen LogP contribution in [0.25, 0.3) is 0 Å². The van der Waals surface area contributed by atoms with Gasteiger partial charge < -0.3 is 10.0 Å². The van der Waals surface area contributed by atoms with Gasteiger partial charge in [0.2, 0.25) is 0 Å². The molecule has 1 fully saturated rings. The number of nitrogens with zero attached hydrogens (tertiary/aromatic N) is 1. The molecule has 0 spiro atoms. The maximum Gasteiger partial charge on any atom is 0.0431 e. The Hall–Kier alpha value is -0.0800. The summed E-state index contributed by atoms with van der Waals surface area (Å²) < 4.78 is 0. The third kappa shape index (κ3) is 3.11. The lowest BCUT2D eigenvalue weighted by molar-refractivity contribution is 0.156. The quantitative estimate of drug-likeness (QED) is 0.695. The zero-order valence-corrected chi connectivity index (χ0v) is 8.13. The van der Waals surface area contributed by atoms with E-state index in [1.807, 2.05) is 0 Å². The zero-order chi connectivity index (χ0) is 8.81. The number of rotatable bonds is 4. The molecule has 2 heteroatoms. The highest BCUT2D eigenvalue weighted by Crippen LogP contribution is 2.14. The van der Waals surface area contributed by atoms with E-state index in [4.69, 9.17) is 5.11 Å². The fraction of sp³-hybridized carbons (Fsp3) is 1.00. The van der Waals surface area contributed by atoms with E-state index in [-0.39, 0.29) is 0 Å². The molecule has 0 aromatic heterocycles. The number of hydrogen-bond donors (Lipinski definition) is 1. The van der Waals surface area contributed by atoms with Crippen molar-refractivity contribution in [1.82, 2.24) is 4.90 Å². The highest BCUT2D eigenvalue weighted by molar-refractivity contribution is 4.70. The molecule has 0 aromatic carbocycles. The largest absolute Gasteiger partial charge is 0.396 e. The number of aliphatic hydroxyl groups excluding tert-OH is 1. The van der Waals surface area contributed by atoms with Crippen molar-refractivity contribution >= 4 is 0 Å². The molecular weight excluding hydrogens is 150 g/mol. The van der Waals surface area contributed by atoms with Crippen LogP contribution in [0.4, 0.5) is 0 Å². The summed E-state index contributed by atoms with van der Waals surface area (Å²) in [6.07, 6.45) is 6.24. The first-order valence-electron chi connectivity index (χ1n) is 5.19. The van der Waals surface area contributed by atoms with Gasteiger partial charge in [0.05, 0.1) is 0 Å². The van der Waals surface area contributed by atoms with Crippen molar-refractivity contribution in [2.75, 3.05) is 19.7 Å². The molecule has 0 aromatic rings. The topological polar surface area (TPSA) is 23.5 Å². The molecule has 1 atom stereocenters. The van der Waals surface area contributed by atoms with E-state index in [1.165, 1.54) is 32.4 Å². The van der Waals surface area contributed by atoms with Crippen LogP contribution in [0.15, 0.2) is 0 Å². The molecule has 0 amide bonds. The lowest BCUT2D eigenvalue weighted by Gasteiger charge is -2.32. The van der Waals surface area contributed by atoms with Crippen LogP contribution in [0.5, 0.6) is 0 Å². The summed E-state index contributed by atoms with van der Waals surface area (Å²) >= 11 is 0. The van der Waals surface area contributed by atoms with Crippen molar-refractivity contribution in [2.45, 2.75) is 45.1 Å². The van der Waals surface area contributed by atoms with Gasteiger partial charge in [-0.1, -0.05) is 6.42 Å². The number of likely N-dealkylation sites (tertiary alicyclic amines) is 1. The molecule has 0 unspecified atom stereocenters. The molecule has 0 bridgehead atoms. The molecule has 0 radical (unpaired) electrons. The monoisotopic (exact) mass is 171 g/mol. The molecule has 1 saturated heterocycles. The van der Waals surface area contributed by atoms with Gasteiger partial charge in [0, 0.05) is 12.6 Å². The second kappa shape index (κ2) is 5.55. The molecule has 0 saturated carbocycles. The molecule has 1 rings (SSSR count). The molecule has 1 N–H and O–H groups in total. The molecule has 1 aliphatic heterocycles. The van der Waals surface area contributed by atoms with Gasteiger partial charge in [-0.05, 0) is 45.7 Å². The summed E-state index contributed by atoms with van der Waals surface area (Å²) in [6, 6.07) is 0.678. The maximum atomic E-state index is 8.69. The van der Waals surface area contributed by atoms with Crippen molar-refractivity contribution in [3.63, 3.8) is 0 Å². The Morgan fingerprint density at radius 2 is 1.92 bits per heavy atom. The molecule has 12 heavy (non-hydrogen) atoms. The first-order valence-corrected chi connectivity index (χ1v) is 5.19. The van der Waals surface area contributed by atoms with Gasteiger partial charge in [0.15, 0.2) is 0 Å². The molecule has 0 aliphatic carbocycles. The average molecular weight is 171 g/mol. The van der Waals surface area contributed by atoms with E-state index in [0.717, 1.165) is 12.8 Å². The van der Waals surface area contributed by atoms with Crippen LogP contribution < -0.4 is 0 Å². The number of hydrogen-bond acceptors (Lipinski definition) is 2. The smallest absolute Gasteiger partial charge is 0.0431 e. The Balaban J connectivity index is 2.15. The van der Waals surface area contributed by atoms with Gasteiger partial charge in [0.1, 0.15) is 0 Å². The van der Waals surface area contributed by atoms with Crippen LogP contribution in [0, 0.1) is 0 Å². The Bertz CT molecular complexity index is 110. The lowest BCUT2D eigenvalue weighted by atomic mass is 10.1. The van der Waals surface area contributed by atoms with Crippen molar-refractivity contribution in [3.05, 3.63) is 0 Å². The summed E-state index contributed by atoms with van der Waals surface area (Å²) in [5.74, 6) is 0. The van der Waals surface area contributed by atoms with E-state index in [2.05, 4.69) is 11.8 Å². The average Bonchev–Trinajstić information content (AvgIpc) is 2.15. The zero-order valence-electron chi connectivity index (χ0n) is 8.13. The summed E-state index contributed by atoms with van der Waals surface area (Å²) in [7, 11) is 0. The van der Waals surface area contributed by atoms with Gasteiger partial charge in [-0.15, -0.1) is 0 Å². The minimum Gasteiger partial charge on any atom is -0.396 e. The van der Waals surface area contributed by atoms with Gasteiger partial charge in [0.25, 0.3) is 0 Å². The Kier molecular flexibility index (Phi) is 4.62. The summed E-state index contributed by atoms with van der Waals surface area (Å²) in [5.41, 5.74) is 0. The normalized spacial score (nSPS) is 22.5. The van der Waals surface area contributed by atoms with E-state index in [1.54, 1.807) is 0 Å². The van der Waals surface area contributed by atoms with Crippen molar-refractivity contribution < 1.29 is 5.11 Å². The van der Waals surface area contributed by atoms with Crippen LogP contribution in [0.2, 0.25) is 0 Å². The van der Waals surface area contributed by atoms with Crippen LogP contribution in [0.3, 0.4) is 0 Å². The van der Waals surface area contributed by atoms with E-state index in [0.29, 0.717) is 12.6 Å². The van der Waals surface area contributed by atoms with Crippen LogP contribution in [-0.4, -0.2) is 35.7 Å². The van der Waals surface area contributed by atoms with Crippen LogP contribution >= 0.6 is 0 Å². The second-order valence-corrected chi connectivity index (χ2v) is 3.81. The van der Waals surface area contributed by atoms with Gasteiger partial charge in [-0.2, -0.15) is 0 Å². The van der Waals surface area contributed by atoms with Crippen LogP contribution in [0.1, 0.15) is 39.0 Å². The maximum absolute atomic E-state index is 8.69. The minimum absolute atomic E-state index is 0.345. The predicted molar refractivity (Wildman–Crippen MR) is 51.2 cm³/mol. The van der Waals surface area contributed by atoms with Crippen LogP contribution in [-0.2, 0) is 0 Å². The minimum atomic E-state index is 0.345. The first-order chi connectivity index (χ1) is 5.84. The van der Waals surface area contributed by atoms with E-state index < -0.39 is 0 Å². The highest BCUT2D eigenvalue weighted by atomic mass is 16.2.